The summed E-state index contributed by atoms with van der Waals surface area (Å²) in [4.78, 5) is 26.0. The van der Waals surface area contributed by atoms with Crippen molar-refractivity contribution in [1.82, 2.24) is 5.32 Å². The number of halogens is 1. The number of carbonyl (C=O) groups is 2. The number of hydrogen-bond acceptors (Lipinski definition) is 3. The van der Waals surface area contributed by atoms with Gasteiger partial charge in [0.2, 0.25) is 5.91 Å². The fraction of sp³-hybridized carbons (Fsp3) is 0.529. The lowest BCUT2D eigenvalue weighted by molar-refractivity contribution is -0.126. The van der Waals surface area contributed by atoms with Crippen LogP contribution < -0.4 is 15.0 Å². The molecule has 2 aliphatic rings. The molecule has 2 atom stereocenters. The predicted octanol–water partition coefficient (Wildman–Crippen LogP) is 2.76. The third-order valence-corrected chi connectivity index (χ3v) is 4.86. The van der Waals surface area contributed by atoms with E-state index < -0.39 is 0 Å². The van der Waals surface area contributed by atoms with Gasteiger partial charge in [0.1, 0.15) is 12.3 Å². The smallest absolute Gasteiger partial charge is 0.265 e. The maximum absolute atomic E-state index is 12.4. The molecule has 1 N–H and O–H groups in total. The van der Waals surface area contributed by atoms with Crippen molar-refractivity contribution in [2.24, 2.45) is 5.92 Å². The zero-order valence-corrected chi connectivity index (χ0v) is 13.9. The third kappa shape index (κ3) is 3.61. The number of hydrogen-bond donors (Lipinski definition) is 1. The summed E-state index contributed by atoms with van der Waals surface area (Å²) in [6.45, 7) is 2.11. The average molecular weight is 337 g/mol. The third-order valence-electron chi connectivity index (χ3n) is 4.62. The molecule has 124 valence electrons. The first kappa shape index (κ1) is 16.1. The zero-order chi connectivity index (χ0) is 16.4. The minimum absolute atomic E-state index is 0.00123. The molecule has 6 heteroatoms. The number of anilines is 1. The van der Waals surface area contributed by atoms with E-state index in [1.807, 2.05) is 0 Å². The summed E-state index contributed by atoms with van der Waals surface area (Å²) in [5, 5.41) is 3.58. The molecule has 0 aromatic heterocycles. The van der Waals surface area contributed by atoms with Crippen LogP contribution in [0.15, 0.2) is 18.2 Å². The standard InChI is InChI=1S/C17H21ClN2O3/c1-11-4-2-3-5-13(11)19-16(21)9-20-14-8-12(18)6-7-15(14)23-10-17(20)22/h6-8,11,13H,2-5,9-10H2,1H3,(H,19,21)/t11-,13+/m1/s1. The molecule has 1 saturated carbocycles. The molecule has 0 bridgehead atoms. The first-order chi connectivity index (χ1) is 11.0. The van der Waals surface area contributed by atoms with Gasteiger partial charge in [0.25, 0.3) is 5.91 Å². The van der Waals surface area contributed by atoms with Gasteiger partial charge in [-0.15, -0.1) is 0 Å². The van der Waals surface area contributed by atoms with Gasteiger partial charge >= 0.3 is 0 Å². The Balaban J connectivity index is 1.70. The van der Waals surface area contributed by atoms with Crippen LogP contribution in [0.5, 0.6) is 5.75 Å². The van der Waals surface area contributed by atoms with Crippen LogP contribution >= 0.6 is 11.6 Å². The number of amides is 2. The molecule has 1 aromatic rings. The Kier molecular flexibility index (Phi) is 4.76. The zero-order valence-electron chi connectivity index (χ0n) is 13.2. The van der Waals surface area contributed by atoms with Gasteiger partial charge in [-0.05, 0) is 37.0 Å². The maximum Gasteiger partial charge on any atom is 0.265 e. The van der Waals surface area contributed by atoms with E-state index in [0.717, 1.165) is 19.3 Å². The van der Waals surface area contributed by atoms with Crippen molar-refractivity contribution in [3.05, 3.63) is 23.2 Å². The van der Waals surface area contributed by atoms with Crippen molar-refractivity contribution in [3.63, 3.8) is 0 Å². The highest BCUT2D eigenvalue weighted by Crippen LogP contribution is 2.34. The first-order valence-corrected chi connectivity index (χ1v) is 8.44. The fourth-order valence-electron chi connectivity index (χ4n) is 3.28. The van der Waals surface area contributed by atoms with Crippen LogP contribution in [0.4, 0.5) is 5.69 Å². The Morgan fingerprint density at radius 2 is 2.17 bits per heavy atom. The van der Waals surface area contributed by atoms with Crippen LogP contribution in [-0.2, 0) is 9.59 Å². The van der Waals surface area contributed by atoms with Gasteiger partial charge in [-0.25, -0.2) is 0 Å². The van der Waals surface area contributed by atoms with Crippen molar-refractivity contribution in [2.75, 3.05) is 18.1 Å². The van der Waals surface area contributed by atoms with E-state index in [1.165, 1.54) is 11.3 Å². The molecule has 0 saturated heterocycles. The van der Waals surface area contributed by atoms with Crippen LogP contribution in [0.3, 0.4) is 0 Å². The predicted molar refractivity (Wildman–Crippen MR) is 88.9 cm³/mol. The Morgan fingerprint density at radius 1 is 1.39 bits per heavy atom. The summed E-state index contributed by atoms with van der Waals surface area (Å²) in [6.07, 6.45) is 4.51. The Bertz CT molecular complexity index is 620. The Labute approximate surface area is 140 Å². The molecule has 1 aromatic carbocycles. The number of rotatable bonds is 3. The molecule has 0 unspecified atom stereocenters. The van der Waals surface area contributed by atoms with Crippen LogP contribution in [0.25, 0.3) is 0 Å². The first-order valence-electron chi connectivity index (χ1n) is 8.06. The topological polar surface area (TPSA) is 58.6 Å². The number of ether oxygens (including phenoxy) is 1. The molecule has 3 rings (SSSR count). The largest absolute Gasteiger partial charge is 0.482 e. The molecule has 1 fully saturated rings. The molecule has 5 nitrogen and oxygen atoms in total. The SMILES string of the molecule is C[C@@H]1CCCC[C@@H]1NC(=O)CN1C(=O)COc2ccc(Cl)cc21. The molecular formula is C17H21ClN2O3. The number of nitrogens with zero attached hydrogens (tertiary/aromatic N) is 1. The summed E-state index contributed by atoms with van der Waals surface area (Å²) in [5.74, 6) is 0.694. The van der Waals surface area contributed by atoms with Gasteiger partial charge in [-0.2, -0.15) is 0 Å². The van der Waals surface area contributed by atoms with Gasteiger partial charge in [-0.3, -0.25) is 14.5 Å². The number of carbonyl (C=O) groups excluding carboxylic acids is 2. The quantitative estimate of drug-likeness (QED) is 0.923. The van der Waals surface area contributed by atoms with Gasteiger partial charge in [0.05, 0.1) is 5.69 Å². The van der Waals surface area contributed by atoms with Gasteiger partial charge < -0.3 is 10.1 Å². The monoisotopic (exact) mass is 336 g/mol. The normalized spacial score (nSPS) is 23.9. The molecule has 2 amide bonds. The van der Waals surface area contributed by atoms with E-state index in [0.29, 0.717) is 22.4 Å². The van der Waals surface area contributed by atoms with Crippen LogP contribution in [0.2, 0.25) is 5.02 Å². The second-order valence-corrected chi connectivity index (χ2v) is 6.75. The summed E-state index contributed by atoms with van der Waals surface area (Å²) in [6, 6.07) is 5.28. The highest BCUT2D eigenvalue weighted by atomic mass is 35.5. The van der Waals surface area contributed by atoms with E-state index in [4.69, 9.17) is 16.3 Å². The van der Waals surface area contributed by atoms with Crippen LogP contribution in [-0.4, -0.2) is 31.0 Å². The molecule has 23 heavy (non-hydrogen) atoms. The van der Waals surface area contributed by atoms with Crippen molar-refractivity contribution in [3.8, 4) is 5.75 Å². The van der Waals surface area contributed by atoms with E-state index in [2.05, 4.69) is 12.2 Å². The fourth-order valence-corrected chi connectivity index (χ4v) is 3.44. The number of benzene rings is 1. The highest BCUT2D eigenvalue weighted by Gasteiger charge is 2.29. The van der Waals surface area contributed by atoms with E-state index in [-0.39, 0.29) is 31.0 Å². The molecule has 1 aliphatic heterocycles. The van der Waals surface area contributed by atoms with Crippen LogP contribution in [0, 0.1) is 5.92 Å². The molecule has 0 spiro atoms. The highest BCUT2D eigenvalue weighted by molar-refractivity contribution is 6.31. The molecule has 1 heterocycles. The van der Waals surface area contributed by atoms with Gasteiger partial charge in [-0.1, -0.05) is 31.4 Å². The second kappa shape index (κ2) is 6.79. The second-order valence-electron chi connectivity index (χ2n) is 6.32. The maximum atomic E-state index is 12.4. The van der Waals surface area contributed by atoms with Gasteiger partial charge in [0, 0.05) is 11.1 Å². The lowest BCUT2D eigenvalue weighted by atomic mass is 9.86. The Hall–Kier alpha value is -1.75. The molecule has 0 radical (unpaired) electrons. The summed E-state index contributed by atoms with van der Waals surface area (Å²) < 4.78 is 5.39. The Morgan fingerprint density at radius 3 is 2.96 bits per heavy atom. The minimum atomic E-state index is -0.230. The van der Waals surface area contributed by atoms with Crippen molar-refractivity contribution >= 4 is 29.1 Å². The van der Waals surface area contributed by atoms with Gasteiger partial charge in [0.15, 0.2) is 6.61 Å². The van der Waals surface area contributed by atoms with Crippen LogP contribution in [0.1, 0.15) is 32.6 Å². The minimum Gasteiger partial charge on any atom is -0.482 e. The van der Waals surface area contributed by atoms with E-state index >= 15 is 0 Å². The molecule has 1 aliphatic carbocycles. The van der Waals surface area contributed by atoms with E-state index in [1.54, 1.807) is 18.2 Å². The number of nitrogens with one attached hydrogen (secondary N) is 1. The van der Waals surface area contributed by atoms with Crippen molar-refractivity contribution in [1.29, 1.82) is 0 Å². The van der Waals surface area contributed by atoms with E-state index in [9.17, 15) is 9.59 Å². The lowest BCUT2D eigenvalue weighted by Crippen LogP contribution is -2.49. The van der Waals surface area contributed by atoms with Crippen molar-refractivity contribution in [2.45, 2.75) is 38.6 Å². The number of fused-ring (bicyclic) bond motifs is 1. The average Bonchev–Trinajstić information content (AvgIpc) is 2.52. The lowest BCUT2D eigenvalue weighted by Gasteiger charge is -2.32. The summed E-state index contributed by atoms with van der Waals surface area (Å²) >= 11 is 6.01. The molecular weight excluding hydrogens is 316 g/mol. The summed E-state index contributed by atoms with van der Waals surface area (Å²) in [5.41, 5.74) is 0.556. The summed E-state index contributed by atoms with van der Waals surface area (Å²) in [7, 11) is 0. The van der Waals surface area contributed by atoms with Crippen molar-refractivity contribution < 1.29 is 14.3 Å².